The SMILES string of the molecule is CCN(CC)Cc1cc(OC)ccc1C#CCCO. The summed E-state index contributed by atoms with van der Waals surface area (Å²) in [6.07, 6.45) is 0.511. The van der Waals surface area contributed by atoms with Gasteiger partial charge in [0.25, 0.3) is 0 Å². The number of aliphatic hydroxyl groups is 1. The van der Waals surface area contributed by atoms with Crippen LogP contribution >= 0.6 is 0 Å². The molecule has 0 amide bonds. The Kier molecular flexibility index (Phi) is 7.02. The molecule has 1 N–H and O–H groups in total. The molecule has 1 aromatic carbocycles. The number of ether oxygens (including phenoxy) is 1. The fraction of sp³-hybridized carbons (Fsp3) is 0.500. The zero-order chi connectivity index (χ0) is 14.1. The highest BCUT2D eigenvalue weighted by atomic mass is 16.5. The first-order chi connectivity index (χ1) is 9.24. The average molecular weight is 261 g/mol. The van der Waals surface area contributed by atoms with E-state index in [0.29, 0.717) is 6.42 Å². The van der Waals surface area contributed by atoms with Crippen LogP contribution in [0.3, 0.4) is 0 Å². The van der Waals surface area contributed by atoms with Crippen molar-refractivity contribution < 1.29 is 9.84 Å². The van der Waals surface area contributed by atoms with Gasteiger partial charge in [-0.05, 0) is 36.9 Å². The molecular formula is C16H23NO2. The maximum atomic E-state index is 8.79. The molecule has 0 aliphatic rings. The van der Waals surface area contributed by atoms with E-state index in [-0.39, 0.29) is 6.61 Å². The topological polar surface area (TPSA) is 32.7 Å². The van der Waals surface area contributed by atoms with Crippen LogP contribution in [0, 0.1) is 11.8 Å². The van der Waals surface area contributed by atoms with E-state index in [9.17, 15) is 0 Å². The Morgan fingerprint density at radius 2 is 2.00 bits per heavy atom. The third kappa shape index (κ3) is 4.94. The van der Waals surface area contributed by atoms with Crippen LogP contribution in [0.4, 0.5) is 0 Å². The van der Waals surface area contributed by atoms with Crippen LogP contribution in [-0.2, 0) is 6.54 Å². The molecule has 0 fully saturated rings. The van der Waals surface area contributed by atoms with Gasteiger partial charge < -0.3 is 9.84 Å². The number of aliphatic hydroxyl groups excluding tert-OH is 1. The second-order valence-corrected chi connectivity index (χ2v) is 4.26. The zero-order valence-corrected chi connectivity index (χ0v) is 12.1. The lowest BCUT2D eigenvalue weighted by Crippen LogP contribution is -2.22. The lowest BCUT2D eigenvalue weighted by molar-refractivity contribution is 0.295. The third-order valence-electron chi connectivity index (χ3n) is 3.06. The molecule has 0 atom stereocenters. The Morgan fingerprint density at radius 3 is 2.58 bits per heavy atom. The number of methoxy groups -OCH3 is 1. The molecule has 0 saturated carbocycles. The van der Waals surface area contributed by atoms with Gasteiger partial charge in [0.05, 0.1) is 13.7 Å². The summed E-state index contributed by atoms with van der Waals surface area (Å²) in [4.78, 5) is 2.34. The normalized spacial score (nSPS) is 10.2. The van der Waals surface area contributed by atoms with E-state index in [1.165, 1.54) is 5.56 Å². The molecule has 3 nitrogen and oxygen atoms in total. The molecule has 0 saturated heterocycles. The van der Waals surface area contributed by atoms with E-state index in [4.69, 9.17) is 9.84 Å². The molecule has 3 heteroatoms. The van der Waals surface area contributed by atoms with Gasteiger partial charge in [0.1, 0.15) is 5.75 Å². The summed E-state index contributed by atoms with van der Waals surface area (Å²) < 4.78 is 5.28. The van der Waals surface area contributed by atoms with Gasteiger partial charge in [-0.1, -0.05) is 25.7 Å². The molecule has 0 aliphatic carbocycles. The number of benzene rings is 1. The molecule has 0 heterocycles. The minimum Gasteiger partial charge on any atom is -0.497 e. The molecule has 0 unspecified atom stereocenters. The maximum absolute atomic E-state index is 8.79. The summed E-state index contributed by atoms with van der Waals surface area (Å²) in [6.45, 7) is 7.30. The highest BCUT2D eigenvalue weighted by Gasteiger charge is 2.07. The van der Waals surface area contributed by atoms with E-state index in [0.717, 1.165) is 30.9 Å². The van der Waals surface area contributed by atoms with E-state index in [1.807, 2.05) is 18.2 Å². The van der Waals surface area contributed by atoms with Crippen LogP contribution in [0.5, 0.6) is 5.75 Å². The van der Waals surface area contributed by atoms with Crippen LogP contribution in [0.2, 0.25) is 0 Å². The first-order valence-corrected chi connectivity index (χ1v) is 6.74. The van der Waals surface area contributed by atoms with Gasteiger partial charge in [-0.2, -0.15) is 0 Å². The van der Waals surface area contributed by atoms with Crippen molar-refractivity contribution in [2.45, 2.75) is 26.8 Å². The Bertz CT molecular complexity index is 442. The number of hydrogen-bond donors (Lipinski definition) is 1. The second-order valence-electron chi connectivity index (χ2n) is 4.26. The predicted octanol–water partition coefficient (Wildman–Crippen LogP) is 2.27. The fourth-order valence-electron chi connectivity index (χ4n) is 1.85. The molecule has 0 radical (unpaired) electrons. The van der Waals surface area contributed by atoms with Gasteiger partial charge in [-0.15, -0.1) is 0 Å². The smallest absolute Gasteiger partial charge is 0.119 e. The van der Waals surface area contributed by atoms with Gasteiger partial charge in [-0.3, -0.25) is 4.90 Å². The maximum Gasteiger partial charge on any atom is 0.119 e. The van der Waals surface area contributed by atoms with Crippen molar-refractivity contribution in [2.75, 3.05) is 26.8 Å². The fourth-order valence-corrected chi connectivity index (χ4v) is 1.85. The van der Waals surface area contributed by atoms with Gasteiger partial charge in [-0.25, -0.2) is 0 Å². The first kappa shape index (κ1) is 15.6. The second kappa shape index (κ2) is 8.58. The van der Waals surface area contributed by atoms with Crippen molar-refractivity contribution >= 4 is 0 Å². The minimum atomic E-state index is 0.106. The van der Waals surface area contributed by atoms with Crippen LogP contribution in [0.15, 0.2) is 18.2 Å². The Morgan fingerprint density at radius 1 is 1.26 bits per heavy atom. The molecule has 1 aromatic rings. The summed E-state index contributed by atoms with van der Waals surface area (Å²) in [5.74, 6) is 6.96. The summed E-state index contributed by atoms with van der Waals surface area (Å²) in [5.41, 5.74) is 2.19. The highest BCUT2D eigenvalue weighted by Crippen LogP contribution is 2.19. The summed E-state index contributed by atoms with van der Waals surface area (Å²) in [5, 5.41) is 8.79. The predicted molar refractivity (Wildman–Crippen MR) is 78.2 cm³/mol. The quantitative estimate of drug-likeness (QED) is 0.797. The van der Waals surface area contributed by atoms with E-state index in [1.54, 1.807) is 7.11 Å². The van der Waals surface area contributed by atoms with Crippen LogP contribution in [0.25, 0.3) is 0 Å². The van der Waals surface area contributed by atoms with Gasteiger partial charge in [0.2, 0.25) is 0 Å². The monoisotopic (exact) mass is 261 g/mol. The van der Waals surface area contributed by atoms with Crippen LogP contribution in [-0.4, -0.2) is 36.8 Å². The number of nitrogens with zero attached hydrogens (tertiary/aromatic N) is 1. The Balaban J connectivity index is 2.99. The minimum absolute atomic E-state index is 0.106. The van der Waals surface area contributed by atoms with Crippen molar-refractivity contribution in [3.8, 4) is 17.6 Å². The summed E-state index contributed by atoms with van der Waals surface area (Å²) in [6, 6.07) is 5.96. The van der Waals surface area contributed by atoms with Gasteiger partial charge >= 0.3 is 0 Å². The zero-order valence-electron chi connectivity index (χ0n) is 12.1. The van der Waals surface area contributed by atoms with E-state index in [2.05, 4.69) is 30.6 Å². The van der Waals surface area contributed by atoms with E-state index >= 15 is 0 Å². The van der Waals surface area contributed by atoms with Crippen molar-refractivity contribution in [1.29, 1.82) is 0 Å². The molecule has 0 bridgehead atoms. The van der Waals surface area contributed by atoms with Crippen molar-refractivity contribution in [3.05, 3.63) is 29.3 Å². The molecule has 0 aromatic heterocycles. The summed E-state index contributed by atoms with van der Waals surface area (Å²) in [7, 11) is 1.67. The molecule has 0 aliphatic heterocycles. The molecule has 19 heavy (non-hydrogen) atoms. The summed E-state index contributed by atoms with van der Waals surface area (Å²) >= 11 is 0. The highest BCUT2D eigenvalue weighted by molar-refractivity contribution is 5.45. The first-order valence-electron chi connectivity index (χ1n) is 6.74. The lowest BCUT2D eigenvalue weighted by atomic mass is 10.1. The lowest BCUT2D eigenvalue weighted by Gasteiger charge is -2.19. The van der Waals surface area contributed by atoms with Crippen LogP contribution in [0.1, 0.15) is 31.4 Å². The van der Waals surface area contributed by atoms with Crippen LogP contribution < -0.4 is 4.74 Å². The van der Waals surface area contributed by atoms with Gasteiger partial charge in [0, 0.05) is 18.5 Å². The van der Waals surface area contributed by atoms with Crippen molar-refractivity contribution in [3.63, 3.8) is 0 Å². The molecule has 104 valence electrons. The average Bonchev–Trinajstić information content (AvgIpc) is 2.46. The Hall–Kier alpha value is -1.50. The standard InChI is InChI=1S/C16H23NO2/c1-4-17(5-2)13-15-12-16(19-3)10-9-14(15)8-6-7-11-18/h9-10,12,18H,4-5,7,11,13H2,1-3H3. The number of hydrogen-bond acceptors (Lipinski definition) is 3. The van der Waals surface area contributed by atoms with E-state index < -0.39 is 0 Å². The third-order valence-corrected chi connectivity index (χ3v) is 3.06. The molecule has 1 rings (SSSR count). The Labute approximate surface area is 116 Å². The molecule has 0 spiro atoms. The van der Waals surface area contributed by atoms with Crippen molar-refractivity contribution in [1.82, 2.24) is 4.90 Å². The largest absolute Gasteiger partial charge is 0.497 e. The molecular weight excluding hydrogens is 238 g/mol. The van der Waals surface area contributed by atoms with Crippen molar-refractivity contribution in [2.24, 2.45) is 0 Å². The van der Waals surface area contributed by atoms with Gasteiger partial charge in [0.15, 0.2) is 0 Å². The number of rotatable bonds is 6.